The highest BCUT2D eigenvalue weighted by molar-refractivity contribution is 9.10. The quantitative estimate of drug-likeness (QED) is 0.568. The van der Waals surface area contributed by atoms with Gasteiger partial charge in [0.2, 0.25) is 0 Å². The summed E-state index contributed by atoms with van der Waals surface area (Å²) in [5, 5.41) is 12.3. The highest BCUT2D eigenvalue weighted by atomic mass is 79.9. The third-order valence-electron chi connectivity index (χ3n) is 3.11. The first kappa shape index (κ1) is 17.2. The van der Waals surface area contributed by atoms with Crippen LogP contribution in [0.4, 0.5) is 0 Å². The molecule has 6 nitrogen and oxygen atoms in total. The molecule has 1 amide bonds. The minimum absolute atomic E-state index is 0.0520. The fourth-order valence-corrected chi connectivity index (χ4v) is 2.66. The number of benzene rings is 1. The number of ether oxygens (including phenoxy) is 1. The molecule has 1 atom stereocenters. The first-order chi connectivity index (χ1) is 10.9. The van der Waals surface area contributed by atoms with Crippen molar-refractivity contribution in [3.05, 3.63) is 46.7 Å². The molecule has 122 valence electrons. The molecule has 7 heteroatoms. The first-order valence-electron chi connectivity index (χ1n) is 6.84. The molecule has 0 saturated carbocycles. The van der Waals surface area contributed by atoms with Crippen LogP contribution in [-0.2, 0) is 9.53 Å². The predicted octanol–water partition coefficient (Wildman–Crippen LogP) is 2.89. The van der Waals surface area contributed by atoms with Crippen LogP contribution in [-0.4, -0.2) is 36.2 Å². The second kappa shape index (κ2) is 7.43. The van der Waals surface area contributed by atoms with Crippen molar-refractivity contribution in [1.29, 1.82) is 0 Å². The van der Waals surface area contributed by atoms with Crippen LogP contribution in [0.2, 0.25) is 0 Å². The molecule has 0 radical (unpaired) electrons. The van der Waals surface area contributed by atoms with Gasteiger partial charge in [0, 0.05) is 9.86 Å². The summed E-state index contributed by atoms with van der Waals surface area (Å²) in [6.45, 7) is 5.39. The number of halogens is 1. The van der Waals surface area contributed by atoms with Crippen LogP contribution in [0.15, 0.2) is 39.7 Å². The molecule has 0 aliphatic heterocycles. The standard InChI is InChI=1S/C16H16BrNO5/c1-3-4-22-8-12(16(20)21)18-15(19)13-7-10-6-11(17)5-9(2)14(10)23-13/h3,5-7,12H,1,4,8H2,2H3,(H,18,19)(H,20,21). The third-order valence-corrected chi connectivity index (χ3v) is 3.57. The topological polar surface area (TPSA) is 88.8 Å². The number of hydrogen-bond donors (Lipinski definition) is 2. The number of hydrogen-bond acceptors (Lipinski definition) is 4. The highest BCUT2D eigenvalue weighted by Crippen LogP contribution is 2.27. The van der Waals surface area contributed by atoms with Crippen LogP contribution in [0, 0.1) is 6.92 Å². The first-order valence-corrected chi connectivity index (χ1v) is 7.63. The number of carbonyl (C=O) groups excluding carboxylic acids is 1. The van der Waals surface area contributed by atoms with E-state index in [2.05, 4.69) is 27.8 Å². The van der Waals surface area contributed by atoms with E-state index >= 15 is 0 Å². The number of fused-ring (bicyclic) bond motifs is 1. The molecule has 1 aromatic heterocycles. The van der Waals surface area contributed by atoms with E-state index in [0.717, 1.165) is 15.4 Å². The molecule has 0 saturated heterocycles. The number of aryl methyl sites for hydroxylation is 1. The van der Waals surface area contributed by atoms with E-state index in [4.69, 9.17) is 14.3 Å². The molecule has 0 aliphatic carbocycles. The van der Waals surface area contributed by atoms with E-state index in [0.29, 0.717) is 5.58 Å². The highest BCUT2D eigenvalue weighted by Gasteiger charge is 2.23. The Balaban J connectivity index is 2.17. The zero-order valence-corrected chi connectivity index (χ0v) is 14.1. The van der Waals surface area contributed by atoms with Crippen LogP contribution < -0.4 is 5.32 Å². The van der Waals surface area contributed by atoms with Gasteiger partial charge in [0.05, 0.1) is 13.2 Å². The average Bonchev–Trinajstić information content (AvgIpc) is 2.90. The Morgan fingerprint density at radius 1 is 1.48 bits per heavy atom. The molecule has 1 unspecified atom stereocenters. The second-order valence-corrected chi connectivity index (χ2v) is 5.86. The Morgan fingerprint density at radius 2 is 2.22 bits per heavy atom. The van der Waals surface area contributed by atoms with Gasteiger partial charge in [-0.1, -0.05) is 22.0 Å². The van der Waals surface area contributed by atoms with Crippen LogP contribution in [0.3, 0.4) is 0 Å². The number of nitrogens with one attached hydrogen (secondary N) is 1. The molecule has 0 bridgehead atoms. The molecule has 1 aromatic carbocycles. The van der Waals surface area contributed by atoms with Crippen molar-refractivity contribution in [2.45, 2.75) is 13.0 Å². The van der Waals surface area contributed by atoms with E-state index in [-0.39, 0.29) is 19.0 Å². The fraction of sp³-hybridized carbons (Fsp3) is 0.250. The summed E-state index contributed by atoms with van der Waals surface area (Å²) >= 11 is 3.38. The van der Waals surface area contributed by atoms with Gasteiger partial charge in [-0.2, -0.15) is 0 Å². The summed E-state index contributed by atoms with van der Waals surface area (Å²) in [7, 11) is 0. The Morgan fingerprint density at radius 3 is 2.87 bits per heavy atom. The van der Waals surface area contributed by atoms with Crippen molar-refractivity contribution in [3.8, 4) is 0 Å². The van der Waals surface area contributed by atoms with E-state index in [9.17, 15) is 9.59 Å². The molecule has 23 heavy (non-hydrogen) atoms. The average molecular weight is 382 g/mol. The lowest BCUT2D eigenvalue weighted by molar-refractivity contribution is -0.140. The van der Waals surface area contributed by atoms with Gasteiger partial charge in [0.25, 0.3) is 5.91 Å². The summed E-state index contributed by atoms with van der Waals surface area (Å²) in [6.07, 6.45) is 1.50. The van der Waals surface area contributed by atoms with Crippen LogP contribution in [0.5, 0.6) is 0 Å². The molecule has 0 fully saturated rings. The summed E-state index contributed by atoms with van der Waals surface area (Å²) < 4.78 is 11.5. The third kappa shape index (κ3) is 4.20. The SMILES string of the molecule is C=CCOCC(NC(=O)c1cc2cc(Br)cc(C)c2o1)C(=O)O. The smallest absolute Gasteiger partial charge is 0.328 e. The maximum Gasteiger partial charge on any atom is 0.328 e. The number of carboxylic acid groups (broad SMARTS) is 1. The van der Waals surface area contributed by atoms with Crippen molar-refractivity contribution in [3.63, 3.8) is 0 Å². The van der Waals surface area contributed by atoms with Gasteiger partial charge in [0.15, 0.2) is 11.8 Å². The van der Waals surface area contributed by atoms with Gasteiger partial charge in [-0.3, -0.25) is 4.79 Å². The number of furan rings is 1. The Bertz CT molecular complexity index is 752. The summed E-state index contributed by atoms with van der Waals surface area (Å²) in [5.74, 6) is -1.74. The fourth-order valence-electron chi connectivity index (χ4n) is 2.07. The van der Waals surface area contributed by atoms with Crippen molar-refractivity contribution in [2.24, 2.45) is 0 Å². The van der Waals surface area contributed by atoms with Crippen LogP contribution in [0.25, 0.3) is 11.0 Å². The second-order valence-electron chi connectivity index (χ2n) is 4.94. The maximum atomic E-state index is 12.2. The number of aliphatic carboxylic acids is 1. The zero-order valence-electron chi connectivity index (χ0n) is 12.5. The molecular formula is C16H16BrNO5. The maximum absolute atomic E-state index is 12.2. The zero-order chi connectivity index (χ0) is 17.0. The van der Waals surface area contributed by atoms with Crippen molar-refractivity contribution in [2.75, 3.05) is 13.2 Å². The van der Waals surface area contributed by atoms with Crippen molar-refractivity contribution < 1.29 is 23.8 Å². The summed E-state index contributed by atoms with van der Waals surface area (Å²) in [4.78, 5) is 23.4. The number of amides is 1. The minimum atomic E-state index is -1.18. The van der Waals surface area contributed by atoms with Crippen LogP contribution in [0.1, 0.15) is 16.1 Å². The van der Waals surface area contributed by atoms with E-state index in [1.54, 1.807) is 6.07 Å². The lowest BCUT2D eigenvalue weighted by Crippen LogP contribution is -2.44. The van der Waals surface area contributed by atoms with E-state index < -0.39 is 17.9 Å². The van der Waals surface area contributed by atoms with Gasteiger partial charge in [-0.05, 0) is 30.7 Å². The normalized spacial score (nSPS) is 12.1. The molecule has 0 spiro atoms. The molecular weight excluding hydrogens is 366 g/mol. The van der Waals surface area contributed by atoms with Crippen LogP contribution >= 0.6 is 15.9 Å². The van der Waals surface area contributed by atoms with E-state index in [1.165, 1.54) is 6.08 Å². The summed E-state index contributed by atoms with van der Waals surface area (Å²) in [5.41, 5.74) is 1.46. The van der Waals surface area contributed by atoms with Gasteiger partial charge in [-0.25, -0.2) is 4.79 Å². The van der Waals surface area contributed by atoms with Crippen molar-refractivity contribution >= 4 is 38.8 Å². The number of carbonyl (C=O) groups is 2. The Hall–Kier alpha value is -2.12. The van der Waals surface area contributed by atoms with Gasteiger partial charge in [-0.15, -0.1) is 6.58 Å². The van der Waals surface area contributed by atoms with Gasteiger partial charge >= 0.3 is 5.97 Å². The largest absolute Gasteiger partial charge is 0.480 e. The lowest BCUT2D eigenvalue weighted by atomic mass is 10.2. The molecule has 2 aromatic rings. The summed E-state index contributed by atoms with van der Waals surface area (Å²) in [6, 6.07) is 4.11. The molecule has 1 heterocycles. The van der Waals surface area contributed by atoms with Gasteiger partial charge < -0.3 is 19.6 Å². The van der Waals surface area contributed by atoms with Crippen molar-refractivity contribution in [1.82, 2.24) is 5.32 Å². The minimum Gasteiger partial charge on any atom is -0.480 e. The Labute approximate surface area is 141 Å². The van der Waals surface area contributed by atoms with E-state index in [1.807, 2.05) is 19.1 Å². The lowest BCUT2D eigenvalue weighted by Gasteiger charge is -2.13. The number of rotatable bonds is 7. The monoisotopic (exact) mass is 381 g/mol. The predicted molar refractivity (Wildman–Crippen MR) is 88.6 cm³/mol. The van der Waals surface area contributed by atoms with Gasteiger partial charge in [0.1, 0.15) is 5.58 Å². The Kier molecular flexibility index (Phi) is 5.57. The molecule has 2 N–H and O–H groups in total. The molecule has 2 rings (SSSR count). The molecule has 0 aliphatic rings. The number of carboxylic acids is 1.